The van der Waals surface area contributed by atoms with Crippen LogP contribution in [0.5, 0.6) is 0 Å². The monoisotopic (exact) mass is 273 g/mol. The molecule has 1 amide bonds. The van der Waals surface area contributed by atoms with Crippen LogP contribution in [-0.2, 0) is 7.05 Å². The lowest BCUT2D eigenvalue weighted by atomic mass is 9.93. The average molecular weight is 273 g/mol. The van der Waals surface area contributed by atoms with Crippen molar-refractivity contribution in [1.29, 1.82) is 0 Å². The Balaban J connectivity index is 1.77. The predicted octanol–water partition coefficient (Wildman–Crippen LogP) is 1.47. The van der Waals surface area contributed by atoms with Crippen LogP contribution in [-0.4, -0.2) is 43.9 Å². The van der Waals surface area contributed by atoms with Crippen LogP contribution in [0.3, 0.4) is 0 Å². The van der Waals surface area contributed by atoms with E-state index in [0.29, 0.717) is 11.6 Å². The summed E-state index contributed by atoms with van der Waals surface area (Å²) in [5.41, 5.74) is 2.98. The van der Waals surface area contributed by atoms with E-state index in [9.17, 15) is 4.79 Å². The van der Waals surface area contributed by atoms with Crippen LogP contribution in [0.1, 0.15) is 40.5 Å². The zero-order chi connectivity index (χ0) is 14.1. The van der Waals surface area contributed by atoms with Crippen molar-refractivity contribution >= 4 is 5.91 Å². The minimum atomic E-state index is 0.0619. The van der Waals surface area contributed by atoms with Crippen LogP contribution < -0.4 is 0 Å². The minimum absolute atomic E-state index is 0.0619. The lowest BCUT2D eigenvalue weighted by molar-refractivity contribution is 0.0694. The molecule has 1 aliphatic heterocycles. The highest BCUT2D eigenvalue weighted by Gasteiger charge is 2.28. The van der Waals surface area contributed by atoms with E-state index in [-0.39, 0.29) is 5.91 Å². The fourth-order valence-electron chi connectivity index (χ4n) is 2.91. The van der Waals surface area contributed by atoms with Gasteiger partial charge in [-0.3, -0.25) is 14.6 Å². The van der Waals surface area contributed by atoms with Crippen LogP contribution in [0.2, 0.25) is 0 Å². The SMILES string of the molecule is Cc1cn[nH]c1C1CCCN(C(=O)c2ccnn2C)C1. The number of carbonyl (C=O) groups is 1. The molecular formula is C14H19N5O. The molecule has 2 aromatic heterocycles. The molecule has 1 atom stereocenters. The second kappa shape index (κ2) is 5.11. The summed E-state index contributed by atoms with van der Waals surface area (Å²) in [6, 6.07) is 1.77. The molecule has 3 rings (SSSR count). The number of aromatic nitrogens is 4. The molecule has 0 saturated carbocycles. The van der Waals surface area contributed by atoms with Crippen molar-refractivity contribution in [1.82, 2.24) is 24.9 Å². The van der Waals surface area contributed by atoms with Crippen molar-refractivity contribution in [2.45, 2.75) is 25.7 Å². The number of piperidine rings is 1. The topological polar surface area (TPSA) is 66.8 Å². The van der Waals surface area contributed by atoms with Gasteiger partial charge in [-0.2, -0.15) is 10.2 Å². The van der Waals surface area contributed by atoms with Crippen molar-refractivity contribution < 1.29 is 4.79 Å². The molecule has 1 N–H and O–H groups in total. The summed E-state index contributed by atoms with van der Waals surface area (Å²) < 4.78 is 1.63. The number of aromatic amines is 1. The van der Waals surface area contributed by atoms with E-state index in [1.54, 1.807) is 24.0 Å². The van der Waals surface area contributed by atoms with Gasteiger partial charge >= 0.3 is 0 Å². The third-order valence-corrected chi connectivity index (χ3v) is 4.02. The molecule has 6 nitrogen and oxygen atoms in total. The maximum atomic E-state index is 12.5. The van der Waals surface area contributed by atoms with E-state index in [4.69, 9.17) is 0 Å². The van der Waals surface area contributed by atoms with Crippen molar-refractivity contribution in [3.05, 3.63) is 35.4 Å². The Kier molecular flexibility index (Phi) is 3.30. The van der Waals surface area contributed by atoms with E-state index in [2.05, 4.69) is 22.2 Å². The first-order chi connectivity index (χ1) is 9.66. The second-order valence-corrected chi connectivity index (χ2v) is 5.40. The predicted molar refractivity (Wildman–Crippen MR) is 74.4 cm³/mol. The highest BCUT2D eigenvalue weighted by Crippen LogP contribution is 2.28. The van der Waals surface area contributed by atoms with E-state index in [0.717, 1.165) is 31.6 Å². The number of hydrogen-bond acceptors (Lipinski definition) is 3. The highest BCUT2D eigenvalue weighted by molar-refractivity contribution is 5.92. The molecule has 0 aromatic carbocycles. The Bertz CT molecular complexity index is 615. The van der Waals surface area contributed by atoms with Gasteiger partial charge in [-0.1, -0.05) is 0 Å². The van der Waals surface area contributed by atoms with Crippen molar-refractivity contribution in [2.75, 3.05) is 13.1 Å². The fourth-order valence-corrected chi connectivity index (χ4v) is 2.91. The summed E-state index contributed by atoms with van der Waals surface area (Å²) in [6.45, 7) is 3.61. The van der Waals surface area contributed by atoms with E-state index in [1.807, 2.05) is 11.1 Å². The number of H-pyrrole nitrogens is 1. The van der Waals surface area contributed by atoms with Gasteiger partial charge < -0.3 is 4.90 Å². The Hall–Kier alpha value is -2.11. The van der Waals surface area contributed by atoms with Crippen LogP contribution in [0.15, 0.2) is 18.5 Å². The molecular weight excluding hydrogens is 254 g/mol. The number of hydrogen-bond donors (Lipinski definition) is 1. The van der Waals surface area contributed by atoms with Gasteiger partial charge in [0.05, 0.1) is 6.20 Å². The number of carbonyl (C=O) groups excluding carboxylic acids is 1. The Morgan fingerprint density at radius 2 is 2.35 bits per heavy atom. The van der Waals surface area contributed by atoms with Crippen LogP contribution in [0.25, 0.3) is 0 Å². The van der Waals surface area contributed by atoms with Crippen LogP contribution >= 0.6 is 0 Å². The number of nitrogens with one attached hydrogen (secondary N) is 1. The maximum absolute atomic E-state index is 12.5. The molecule has 1 unspecified atom stereocenters. The molecule has 1 aliphatic rings. The van der Waals surface area contributed by atoms with Gasteiger partial charge in [-0.15, -0.1) is 0 Å². The summed E-state index contributed by atoms with van der Waals surface area (Å²) in [7, 11) is 1.80. The average Bonchev–Trinajstić information content (AvgIpc) is 3.07. The third-order valence-electron chi connectivity index (χ3n) is 4.02. The third kappa shape index (κ3) is 2.21. The quantitative estimate of drug-likeness (QED) is 0.901. The lowest BCUT2D eigenvalue weighted by Crippen LogP contribution is -2.40. The summed E-state index contributed by atoms with van der Waals surface area (Å²) in [5.74, 6) is 0.412. The van der Waals surface area contributed by atoms with Crippen LogP contribution in [0.4, 0.5) is 0 Å². The Morgan fingerprint density at radius 1 is 1.50 bits per heavy atom. The summed E-state index contributed by atoms with van der Waals surface area (Å²) in [5, 5.41) is 11.2. The molecule has 0 aliphatic carbocycles. The van der Waals surface area contributed by atoms with E-state index < -0.39 is 0 Å². The van der Waals surface area contributed by atoms with Crippen molar-refractivity contribution in [3.63, 3.8) is 0 Å². The van der Waals surface area contributed by atoms with E-state index >= 15 is 0 Å². The maximum Gasteiger partial charge on any atom is 0.272 e. The molecule has 106 valence electrons. The van der Waals surface area contributed by atoms with Crippen LogP contribution in [0, 0.1) is 6.92 Å². The number of nitrogens with zero attached hydrogens (tertiary/aromatic N) is 4. The minimum Gasteiger partial charge on any atom is -0.337 e. The number of rotatable bonds is 2. The zero-order valence-electron chi connectivity index (χ0n) is 11.8. The summed E-state index contributed by atoms with van der Waals surface area (Å²) in [4.78, 5) is 14.4. The molecule has 20 heavy (non-hydrogen) atoms. The molecule has 6 heteroatoms. The first-order valence-corrected chi connectivity index (χ1v) is 6.94. The van der Waals surface area contributed by atoms with Crippen molar-refractivity contribution in [2.24, 2.45) is 7.05 Å². The van der Waals surface area contributed by atoms with Gasteiger partial charge in [0.1, 0.15) is 5.69 Å². The normalized spacial score (nSPS) is 19.3. The molecule has 0 bridgehead atoms. The molecule has 1 fully saturated rings. The summed E-state index contributed by atoms with van der Waals surface area (Å²) >= 11 is 0. The zero-order valence-corrected chi connectivity index (χ0v) is 11.8. The Morgan fingerprint density at radius 3 is 3.00 bits per heavy atom. The smallest absolute Gasteiger partial charge is 0.272 e. The van der Waals surface area contributed by atoms with Gasteiger partial charge in [-0.05, 0) is 31.4 Å². The van der Waals surface area contributed by atoms with E-state index in [1.165, 1.54) is 5.56 Å². The Labute approximate surface area is 117 Å². The molecule has 2 aromatic rings. The largest absolute Gasteiger partial charge is 0.337 e. The van der Waals surface area contributed by atoms with Gasteiger partial charge in [0.25, 0.3) is 5.91 Å². The molecule has 0 radical (unpaired) electrons. The van der Waals surface area contributed by atoms with Gasteiger partial charge in [0.2, 0.25) is 0 Å². The molecule has 0 spiro atoms. The van der Waals surface area contributed by atoms with Gasteiger partial charge in [-0.25, -0.2) is 0 Å². The highest BCUT2D eigenvalue weighted by atomic mass is 16.2. The first-order valence-electron chi connectivity index (χ1n) is 6.94. The second-order valence-electron chi connectivity index (χ2n) is 5.40. The standard InChI is InChI=1S/C14H19N5O/c1-10-8-15-17-13(10)11-4-3-7-19(9-11)14(20)12-5-6-16-18(12)2/h5-6,8,11H,3-4,7,9H2,1-2H3,(H,15,17). The van der Waals surface area contributed by atoms with Gasteiger partial charge in [0, 0.05) is 37.9 Å². The molecule has 1 saturated heterocycles. The fraction of sp³-hybridized carbons (Fsp3) is 0.500. The number of aryl methyl sites for hydroxylation is 2. The molecule has 3 heterocycles. The summed E-state index contributed by atoms with van der Waals surface area (Å²) in [6.07, 6.45) is 5.62. The number of likely N-dealkylation sites (tertiary alicyclic amines) is 1. The van der Waals surface area contributed by atoms with Crippen molar-refractivity contribution in [3.8, 4) is 0 Å². The first kappa shape index (κ1) is 12.9. The van der Waals surface area contributed by atoms with Gasteiger partial charge in [0.15, 0.2) is 0 Å². The number of amides is 1. The lowest BCUT2D eigenvalue weighted by Gasteiger charge is -2.32.